The summed E-state index contributed by atoms with van der Waals surface area (Å²) in [7, 11) is 0. The minimum atomic E-state index is 0.735. The lowest BCUT2D eigenvalue weighted by molar-refractivity contribution is 0.302. The van der Waals surface area contributed by atoms with Gasteiger partial charge in [0.1, 0.15) is 5.75 Å². The molecule has 0 N–H and O–H groups in total. The van der Waals surface area contributed by atoms with Crippen LogP contribution in [0.25, 0.3) is 0 Å². The Labute approximate surface area is 124 Å². The molecular weight excluding hydrogens is 312 g/mol. The molecule has 0 aliphatic heterocycles. The van der Waals surface area contributed by atoms with E-state index in [9.17, 15) is 0 Å². The molecule has 3 heteroatoms. The number of alkyl halides is 1. The van der Waals surface area contributed by atoms with E-state index in [1.165, 1.54) is 32.1 Å². The molecule has 0 fully saturated rings. The first kappa shape index (κ1) is 15.8. The largest absolute Gasteiger partial charge is 0.493 e. The predicted molar refractivity (Wildman–Crippen MR) is 83.0 cm³/mol. The topological polar surface area (TPSA) is 9.23 Å². The Hall–Kier alpha value is -0.210. The Morgan fingerprint density at radius 3 is 2.56 bits per heavy atom. The number of hydrogen-bond donors (Lipinski definition) is 0. The maximum Gasteiger partial charge on any atom is 0.124 e. The van der Waals surface area contributed by atoms with Crippen molar-refractivity contribution in [2.24, 2.45) is 0 Å². The summed E-state index contributed by atoms with van der Waals surface area (Å²) in [4.78, 5) is 0. The Morgan fingerprint density at radius 2 is 1.83 bits per heavy atom. The highest BCUT2D eigenvalue weighted by Gasteiger charge is 2.06. The number of benzene rings is 1. The van der Waals surface area contributed by atoms with E-state index in [-0.39, 0.29) is 0 Å². The molecule has 0 aromatic heterocycles. The Balaban J connectivity index is 2.25. The maximum atomic E-state index is 6.12. The molecule has 0 aliphatic carbocycles. The molecule has 0 amide bonds. The molecule has 1 rings (SSSR count). The van der Waals surface area contributed by atoms with Crippen LogP contribution >= 0.6 is 27.5 Å². The minimum Gasteiger partial charge on any atom is -0.493 e. The third-order valence-corrected chi connectivity index (χ3v) is 3.88. The zero-order valence-corrected chi connectivity index (χ0v) is 13.4. The molecule has 102 valence electrons. The molecule has 1 aromatic carbocycles. The molecule has 0 saturated carbocycles. The number of hydrogen-bond acceptors (Lipinski definition) is 1. The van der Waals surface area contributed by atoms with Crippen molar-refractivity contribution in [3.8, 4) is 5.75 Å². The average molecular weight is 334 g/mol. The van der Waals surface area contributed by atoms with E-state index in [2.05, 4.69) is 22.9 Å². The highest BCUT2D eigenvalue weighted by atomic mass is 79.9. The molecule has 0 heterocycles. The van der Waals surface area contributed by atoms with E-state index in [1.807, 2.05) is 18.2 Å². The lowest BCUT2D eigenvalue weighted by Gasteiger charge is -2.11. The van der Waals surface area contributed by atoms with Crippen LogP contribution < -0.4 is 4.74 Å². The van der Waals surface area contributed by atoms with Gasteiger partial charge in [0.2, 0.25) is 0 Å². The van der Waals surface area contributed by atoms with Crippen LogP contribution in [0.15, 0.2) is 18.2 Å². The van der Waals surface area contributed by atoms with Crippen molar-refractivity contribution in [3.63, 3.8) is 0 Å². The van der Waals surface area contributed by atoms with Crippen molar-refractivity contribution in [2.45, 2.75) is 50.8 Å². The second-order valence-electron chi connectivity index (χ2n) is 4.47. The van der Waals surface area contributed by atoms with Crippen LogP contribution in [0.3, 0.4) is 0 Å². The lowest BCUT2D eigenvalue weighted by Crippen LogP contribution is -2.00. The summed E-state index contributed by atoms with van der Waals surface area (Å²) < 4.78 is 5.80. The van der Waals surface area contributed by atoms with Crippen LogP contribution in [0.4, 0.5) is 0 Å². The fourth-order valence-electron chi connectivity index (χ4n) is 1.87. The predicted octanol–water partition coefficient (Wildman–Crippen LogP) is 5.97. The van der Waals surface area contributed by atoms with Gasteiger partial charge in [0.25, 0.3) is 0 Å². The smallest absolute Gasteiger partial charge is 0.124 e. The van der Waals surface area contributed by atoms with E-state index < -0.39 is 0 Å². The second kappa shape index (κ2) is 9.69. The van der Waals surface area contributed by atoms with Crippen molar-refractivity contribution < 1.29 is 4.74 Å². The monoisotopic (exact) mass is 332 g/mol. The van der Waals surface area contributed by atoms with E-state index >= 15 is 0 Å². The van der Waals surface area contributed by atoms with Gasteiger partial charge >= 0.3 is 0 Å². The first-order chi connectivity index (χ1) is 8.79. The highest BCUT2D eigenvalue weighted by molar-refractivity contribution is 9.08. The lowest BCUT2D eigenvalue weighted by atomic mass is 10.1. The third-order valence-electron chi connectivity index (χ3n) is 2.96. The fourth-order valence-corrected chi connectivity index (χ4v) is 2.84. The summed E-state index contributed by atoms with van der Waals surface area (Å²) in [5.74, 6) is 0.910. The molecule has 0 bridgehead atoms. The fraction of sp³-hybridized carbons (Fsp3) is 0.600. The van der Waals surface area contributed by atoms with Gasteiger partial charge in [-0.3, -0.25) is 0 Å². The van der Waals surface area contributed by atoms with Gasteiger partial charge < -0.3 is 4.74 Å². The Bertz CT molecular complexity index is 341. The minimum absolute atomic E-state index is 0.735. The SMILES string of the molecule is CCCCCCCCOc1cccc(Cl)c1CBr. The molecule has 0 saturated heterocycles. The summed E-state index contributed by atoms with van der Waals surface area (Å²) >= 11 is 9.56. The van der Waals surface area contributed by atoms with Gasteiger partial charge in [-0.2, -0.15) is 0 Å². The zero-order valence-electron chi connectivity index (χ0n) is 11.1. The highest BCUT2D eigenvalue weighted by Crippen LogP contribution is 2.28. The normalized spacial score (nSPS) is 10.6. The van der Waals surface area contributed by atoms with E-state index in [0.29, 0.717) is 0 Å². The third kappa shape index (κ3) is 5.62. The summed E-state index contributed by atoms with van der Waals surface area (Å²) in [5.41, 5.74) is 1.05. The van der Waals surface area contributed by atoms with E-state index in [4.69, 9.17) is 16.3 Å². The van der Waals surface area contributed by atoms with Crippen LogP contribution in [0.2, 0.25) is 5.02 Å². The first-order valence-electron chi connectivity index (χ1n) is 6.75. The molecule has 1 nitrogen and oxygen atoms in total. The van der Waals surface area contributed by atoms with Crippen molar-refractivity contribution in [1.82, 2.24) is 0 Å². The van der Waals surface area contributed by atoms with Crippen molar-refractivity contribution in [1.29, 1.82) is 0 Å². The van der Waals surface area contributed by atoms with E-state index in [0.717, 1.165) is 34.7 Å². The van der Waals surface area contributed by atoms with Crippen LogP contribution in [0.5, 0.6) is 5.75 Å². The van der Waals surface area contributed by atoms with Crippen molar-refractivity contribution in [3.05, 3.63) is 28.8 Å². The van der Waals surface area contributed by atoms with Crippen LogP contribution in [0.1, 0.15) is 51.0 Å². The van der Waals surface area contributed by atoms with E-state index in [1.54, 1.807) is 0 Å². The number of unbranched alkanes of at least 4 members (excludes halogenated alkanes) is 5. The Kier molecular flexibility index (Phi) is 8.53. The summed E-state index contributed by atoms with van der Waals surface area (Å²) in [5, 5.41) is 1.51. The van der Waals surface area contributed by atoms with Gasteiger partial charge in [-0.25, -0.2) is 0 Å². The summed E-state index contributed by atoms with van der Waals surface area (Å²) in [6, 6.07) is 5.82. The standard InChI is InChI=1S/C15H22BrClO/c1-2-3-4-5-6-7-11-18-15-10-8-9-14(17)13(15)12-16/h8-10H,2-7,11-12H2,1H3. The van der Waals surface area contributed by atoms with Gasteiger partial charge in [0.05, 0.1) is 6.61 Å². The molecule has 0 spiro atoms. The molecule has 0 radical (unpaired) electrons. The molecule has 18 heavy (non-hydrogen) atoms. The maximum absolute atomic E-state index is 6.12. The van der Waals surface area contributed by atoms with Crippen molar-refractivity contribution >= 4 is 27.5 Å². The second-order valence-corrected chi connectivity index (χ2v) is 5.43. The van der Waals surface area contributed by atoms with Crippen molar-refractivity contribution in [2.75, 3.05) is 6.61 Å². The number of halogens is 2. The van der Waals surface area contributed by atoms with Gasteiger partial charge in [0.15, 0.2) is 0 Å². The number of rotatable bonds is 9. The zero-order chi connectivity index (χ0) is 13.2. The Morgan fingerprint density at radius 1 is 1.11 bits per heavy atom. The molecule has 0 unspecified atom stereocenters. The summed E-state index contributed by atoms with van der Waals surface area (Å²) in [6.07, 6.45) is 7.69. The van der Waals surface area contributed by atoms with Gasteiger partial charge in [-0.05, 0) is 18.6 Å². The molecule has 0 aliphatic rings. The summed E-state index contributed by atoms with van der Waals surface area (Å²) in [6.45, 7) is 3.02. The van der Waals surface area contributed by atoms with Gasteiger partial charge in [0, 0.05) is 15.9 Å². The molecule has 1 aromatic rings. The van der Waals surface area contributed by atoms with Crippen LogP contribution in [-0.2, 0) is 5.33 Å². The average Bonchev–Trinajstić information content (AvgIpc) is 2.38. The van der Waals surface area contributed by atoms with Crippen LogP contribution in [-0.4, -0.2) is 6.61 Å². The molecular formula is C15H22BrClO. The molecule has 0 atom stereocenters. The van der Waals surface area contributed by atoms with Gasteiger partial charge in [-0.1, -0.05) is 72.6 Å². The van der Waals surface area contributed by atoms with Gasteiger partial charge in [-0.15, -0.1) is 0 Å². The van der Waals surface area contributed by atoms with Crippen LogP contribution in [0, 0.1) is 0 Å². The quantitative estimate of drug-likeness (QED) is 0.399. The first-order valence-corrected chi connectivity index (χ1v) is 8.25. The number of ether oxygens (including phenoxy) is 1.